The van der Waals surface area contributed by atoms with Gasteiger partial charge in [-0.15, -0.1) is 11.3 Å². The summed E-state index contributed by atoms with van der Waals surface area (Å²) in [6, 6.07) is 3.84. The van der Waals surface area contributed by atoms with Crippen molar-refractivity contribution in [2.45, 2.75) is 13.8 Å². The zero-order chi connectivity index (χ0) is 10.8. The van der Waals surface area contributed by atoms with Crippen molar-refractivity contribution in [1.82, 2.24) is 4.98 Å². The van der Waals surface area contributed by atoms with Crippen LogP contribution < -0.4 is 4.74 Å². The van der Waals surface area contributed by atoms with E-state index in [0.29, 0.717) is 0 Å². The van der Waals surface area contributed by atoms with Crippen LogP contribution in [0.1, 0.15) is 10.4 Å². The minimum absolute atomic E-state index is 0.852. The van der Waals surface area contributed by atoms with Gasteiger partial charge in [-0.05, 0) is 30.9 Å². The third-order valence-electron chi connectivity index (χ3n) is 2.38. The smallest absolute Gasteiger partial charge is 0.122 e. The lowest BCUT2D eigenvalue weighted by Gasteiger charge is -2.04. The fourth-order valence-corrected chi connectivity index (χ4v) is 2.48. The van der Waals surface area contributed by atoms with Crippen LogP contribution in [0, 0.1) is 13.8 Å². The molecule has 0 fully saturated rings. The topological polar surface area (TPSA) is 22.1 Å². The lowest BCUT2D eigenvalue weighted by atomic mass is 10.1. The molecule has 2 aromatic heterocycles. The van der Waals surface area contributed by atoms with Crippen LogP contribution in [-0.2, 0) is 0 Å². The molecule has 2 aromatic rings. The van der Waals surface area contributed by atoms with Gasteiger partial charge in [-0.3, -0.25) is 4.98 Å². The lowest BCUT2D eigenvalue weighted by Crippen LogP contribution is -1.88. The Balaban J connectivity index is 2.53. The Morgan fingerprint density at radius 1 is 1.33 bits per heavy atom. The van der Waals surface area contributed by atoms with Crippen LogP contribution in [0.4, 0.5) is 0 Å². The van der Waals surface area contributed by atoms with E-state index in [9.17, 15) is 0 Å². The van der Waals surface area contributed by atoms with Gasteiger partial charge in [0.25, 0.3) is 0 Å². The zero-order valence-corrected chi connectivity index (χ0v) is 9.89. The summed E-state index contributed by atoms with van der Waals surface area (Å²) in [5.74, 6) is 0.852. The molecule has 0 amide bonds. The predicted octanol–water partition coefficient (Wildman–Crippen LogP) is 3.44. The Bertz CT molecular complexity index is 457. The van der Waals surface area contributed by atoms with Gasteiger partial charge in [0.2, 0.25) is 0 Å². The molecule has 0 radical (unpaired) electrons. The summed E-state index contributed by atoms with van der Waals surface area (Å²) in [5.41, 5.74) is 3.50. The molecule has 78 valence electrons. The van der Waals surface area contributed by atoms with E-state index >= 15 is 0 Å². The van der Waals surface area contributed by atoms with Gasteiger partial charge in [-0.25, -0.2) is 0 Å². The molecule has 0 atom stereocenters. The molecule has 0 aliphatic heterocycles. The standard InChI is InChI=1S/C12H13NOS/c1-8-7-15-9(2)12(8)11-6-10(14-3)4-5-13-11/h4-7H,1-3H3. The van der Waals surface area contributed by atoms with Gasteiger partial charge in [-0.1, -0.05) is 0 Å². The van der Waals surface area contributed by atoms with Gasteiger partial charge >= 0.3 is 0 Å². The highest BCUT2D eigenvalue weighted by Crippen LogP contribution is 2.31. The summed E-state index contributed by atoms with van der Waals surface area (Å²) in [6.45, 7) is 4.23. The van der Waals surface area contributed by atoms with Gasteiger partial charge in [0.1, 0.15) is 5.75 Å². The molecule has 0 aliphatic carbocycles. The zero-order valence-electron chi connectivity index (χ0n) is 9.07. The normalized spacial score (nSPS) is 10.3. The van der Waals surface area contributed by atoms with Gasteiger partial charge in [0.05, 0.1) is 12.8 Å². The lowest BCUT2D eigenvalue weighted by molar-refractivity contribution is 0.414. The molecule has 0 unspecified atom stereocenters. The summed E-state index contributed by atoms with van der Waals surface area (Å²) >= 11 is 1.76. The van der Waals surface area contributed by atoms with E-state index in [1.807, 2.05) is 12.1 Å². The number of methoxy groups -OCH3 is 1. The Labute approximate surface area is 93.6 Å². The van der Waals surface area contributed by atoms with Crippen LogP contribution >= 0.6 is 11.3 Å². The summed E-state index contributed by atoms with van der Waals surface area (Å²) in [7, 11) is 1.67. The van der Waals surface area contributed by atoms with E-state index in [0.717, 1.165) is 11.4 Å². The molecule has 2 rings (SSSR count). The van der Waals surface area contributed by atoms with Crippen LogP contribution in [0.25, 0.3) is 11.3 Å². The van der Waals surface area contributed by atoms with Crippen molar-refractivity contribution in [3.8, 4) is 17.0 Å². The summed E-state index contributed by atoms with van der Waals surface area (Å²) in [5, 5.41) is 2.16. The van der Waals surface area contributed by atoms with Crippen molar-refractivity contribution in [3.63, 3.8) is 0 Å². The highest BCUT2D eigenvalue weighted by Gasteiger charge is 2.09. The number of ether oxygens (including phenoxy) is 1. The van der Waals surface area contributed by atoms with Crippen molar-refractivity contribution in [2.24, 2.45) is 0 Å². The first-order chi connectivity index (χ1) is 7.22. The number of hydrogen-bond donors (Lipinski definition) is 0. The molecule has 0 bridgehead atoms. The van der Waals surface area contributed by atoms with Crippen LogP contribution in [0.15, 0.2) is 23.7 Å². The quantitative estimate of drug-likeness (QED) is 0.772. The van der Waals surface area contributed by atoms with E-state index < -0.39 is 0 Å². The maximum absolute atomic E-state index is 5.20. The third-order valence-corrected chi connectivity index (χ3v) is 3.41. The molecule has 0 N–H and O–H groups in total. The van der Waals surface area contributed by atoms with Crippen molar-refractivity contribution < 1.29 is 4.74 Å². The minimum Gasteiger partial charge on any atom is -0.497 e. The van der Waals surface area contributed by atoms with E-state index in [1.54, 1.807) is 24.6 Å². The van der Waals surface area contributed by atoms with Crippen LogP contribution in [0.2, 0.25) is 0 Å². The van der Waals surface area contributed by atoms with Gasteiger partial charge in [0.15, 0.2) is 0 Å². The molecule has 0 saturated carbocycles. The fraction of sp³-hybridized carbons (Fsp3) is 0.250. The number of aromatic nitrogens is 1. The summed E-state index contributed by atoms with van der Waals surface area (Å²) in [6.07, 6.45) is 1.78. The highest BCUT2D eigenvalue weighted by atomic mass is 32.1. The summed E-state index contributed by atoms with van der Waals surface area (Å²) in [4.78, 5) is 5.68. The van der Waals surface area contributed by atoms with Crippen LogP contribution in [0.5, 0.6) is 5.75 Å². The van der Waals surface area contributed by atoms with E-state index in [4.69, 9.17) is 4.74 Å². The Kier molecular flexibility index (Phi) is 2.73. The average Bonchev–Trinajstić information content (AvgIpc) is 2.59. The molecule has 0 aromatic carbocycles. The van der Waals surface area contributed by atoms with Crippen molar-refractivity contribution >= 4 is 11.3 Å². The Morgan fingerprint density at radius 3 is 2.73 bits per heavy atom. The van der Waals surface area contributed by atoms with Gasteiger partial charge < -0.3 is 4.74 Å². The highest BCUT2D eigenvalue weighted by molar-refractivity contribution is 7.10. The molecule has 2 nitrogen and oxygen atoms in total. The van der Waals surface area contributed by atoms with Gasteiger partial charge in [0, 0.05) is 22.7 Å². The first-order valence-electron chi connectivity index (χ1n) is 4.77. The largest absolute Gasteiger partial charge is 0.497 e. The second-order valence-electron chi connectivity index (χ2n) is 3.43. The maximum Gasteiger partial charge on any atom is 0.122 e. The first-order valence-corrected chi connectivity index (χ1v) is 5.65. The number of aryl methyl sites for hydroxylation is 2. The Morgan fingerprint density at radius 2 is 2.13 bits per heavy atom. The first kappa shape index (κ1) is 10.2. The molecule has 2 heterocycles. The number of nitrogens with zero attached hydrogens (tertiary/aromatic N) is 1. The van der Waals surface area contributed by atoms with Crippen molar-refractivity contribution in [2.75, 3.05) is 7.11 Å². The number of hydrogen-bond acceptors (Lipinski definition) is 3. The van der Waals surface area contributed by atoms with Crippen LogP contribution in [-0.4, -0.2) is 12.1 Å². The number of pyridine rings is 1. The molecular formula is C12H13NOS. The van der Waals surface area contributed by atoms with Crippen LogP contribution in [0.3, 0.4) is 0 Å². The van der Waals surface area contributed by atoms with E-state index in [-0.39, 0.29) is 0 Å². The van der Waals surface area contributed by atoms with Gasteiger partial charge in [-0.2, -0.15) is 0 Å². The second-order valence-corrected chi connectivity index (χ2v) is 4.51. The predicted molar refractivity (Wildman–Crippen MR) is 63.6 cm³/mol. The molecule has 0 saturated heterocycles. The second kappa shape index (κ2) is 4.03. The molecule has 15 heavy (non-hydrogen) atoms. The minimum atomic E-state index is 0.852. The van der Waals surface area contributed by atoms with Crippen molar-refractivity contribution in [3.05, 3.63) is 34.2 Å². The molecule has 0 aliphatic rings. The van der Waals surface area contributed by atoms with E-state index in [2.05, 4.69) is 24.2 Å². The monoisotopic (exact) mass is 219 g/mol. The molecule has 0 spiro atoms. The summed E-state index contributed by atoms with van der Waals surface area (Å²) < 4.78 is 5.20. The number of thiophene rings is 1. The van der Waals surface area contributed by atoms with Crippen molar-refractivity contribution in [1.29, 1.82) is 0 Å². The SMILES string of the molecule is COc1ccnc(-c2c(C)csc2C)c1. The average molecular weight is 219 g/mol. The van der Waals surface area contributed by atoms with E-state index in [1.165, 1.54) is 16.0 Å². The fourth-order valence-electron chi connectivity index (χ4n) is 1.63. The third kappa shape index (κ3) is 1.88. The maximum atomic E-state index is 5.20. The molecular weight excluding hydrogens is 206 g/mol. The molecule has 3 heteroatoms. The number of rotatable bonds is 2. The Hall–Kier alpha value is -1.35.